The van der Waals surface area contributed by atoms with Crippen LogP contribution in [0, 0.1) is 6.92 Å². The van der Waals surface area contributed by atoms with Crippen molar-refractivity contribution in [3.05, 3.63) is 130 Å². The highest BCUT2D eigenvalue weighted by molar-refractivity contribution is 9.11. The third-order valence-corrected chi connectivity index (χ3v) is 7.59. The average molecular weight is 653 g/mol. The summed E-state index contributed by atoms with van der Waals surface area (Å²) in [6.07, 6.45) is 1.78. The van der Waals surface area contributed by atoms with E-state index in [2.05, 4.69) is 67.2 Å². The quantitative estimate of drug-likeness (QED) is 0.155. The highest BCUT2D eigenvalue weighted by atomic mass is 79.9. The van der Waals surface area contributed by atoms with Gasteiger partial charge in [0.1, 0.15) is 4.60 Å². The van der Waals surface area contributed by atoms with E-state index in [-0.39, 0.29) is 0 Å². The fourth-order valence-corrected chi connectivity index (χ4v) is 4.80. The van der Waals surface area contributed by atoms with Crippen molar-refractivity contribution in [2.45, 2.75) is 6.92 Å². The Labute approximate surface area is 250 Å². The smallest absolute Gasteiger partial charge is 0.423 e. The number of aryl methyl sites for hydroxylation is 1. The lowest BCUT2D eigenvalue weighted by Crippen LogP contribution is -2.29. The van der Waals surface area contributed by atoms with E-state index in [0.29, 0.717) is 11.3 Å². The molecule has 2 heterocycles. The molecule has 0 amide bonds. The topological polar surface area (TPSA) is 79.1 Å². The van der Waals surface area contributed by atoms with Crippen LogP contribution in [0.25, 0.3) is 44.7 Å². The van der Waals surface area contributed by atoms with Gasteiger partial charge in [0, 0.05) is 27.4 Å². The predicted octanol–water partition coefficient (Wildman–Crippen LogP) is 7.23. The van der Waals surface area contributed by atoms with Crippen LogP contribution in [0.5, 0.6) is 0 Å². The lowest BCUT2D eigenvalue weighted by atomic mass is 9.80. The number of hydrogen-bond donors (Lipinski definition) is 2. The van der Waals surface area contributed by atoms with Gasteiger partial charge in [-0.25, -0.2) is 15.0 Å². The van der Waals surface area contributed by atoms with Gasteiger partial charge in [-0.1, -0.05) is 91.0 Å². The van der Waals surface area contributed by atoms with Crippen molar-refractivity contribution in [1.29, 1.82) is 0 Å². The van der Waals surface area contributed by atoms with Crippen LogP contribution < -0.4 is 5.46 Å². The normalized spacial score (nSPS) is 10.6. The van der Waals surface area contributed by atoms with Gasteiger partial charge < -0.3 is 10.0 Å². The van der Waals surface area contributed by atoms with Crippen molar-refractivity contribution in [3.8, 4) is 33.9 Å². The van der Waals surface area contributed by atoms with E-state index >= 15 is 0 Å². The van der Waals surface area contributed by atoms with Crippen molar-refractivity contribution < 1.29 is 10.0 Å². The Morgan fingerprint density at radius 2 is 1.25 bits per heavy atom. The van der Waals surface area contributed by atoms with Crippen LogP contribution in [0.15, 0.2) is 124 Å². The zero-order valence-electron chi connectivity index (χ0n) is 21.5. The molecule has 2 N–H and O–H groups in total. The molecule has 0 atom stereocenters. The first-order valence-corrected chi connectivity index (χ1v) is 14.1. The molecule has 0 aliphatic carbocycles. The summed E-state index contributed by atoms with van der Waals surface area (Å²) in [6.45, 7) is 2.02. The van der Waals surface area contributed by atoms with E-state index in [1.165, 1.54) is 10.9 Å². The summed E-state index contributed by atoms with van der Waals surface area (Å²) in [6, 6.07) is 35.5. The van der Waals surface area contributed by atoms with Gasteiger partial charge in [-0.05, 0) is 78.8 Å². The molecule has 2 aromatic heterocycles. The van der Waals surface area contributed by atoms with Crippen molar-refractivity contribution >= 4 is 55.2 Å². The summed E-state index contributed by atoms with van der Waals surface area (Å²) in [4.78, 5) is 13.7. The van der Waals surface area contributed by atoms with Crippen LogP contribution in [-0.4, -0.2) is 32.1 Å². The summed E-state index contributed by atoms with van der Waals surface area (Å²) in [7, 11) is -1.50. The molecule has 196 valence electrons. The number of hydrogen-bond acceptors (Lipinski definition) is 5. The molecule has 0 saturated carbocycles. The number of nitrogens with zero attached hydrogens (tertiary/aromatic N) is 3. The lowest BCUT2D eigenvalue weighted by Gasteiger charge is -2.10. The molecule has 5 nitrogen and oxygen atoms in total. The molecule has 40 heavy (non-hydrogen) atoms. The van der Waals surface area contributed by atoms with Crippen molar-refractivity contribution in [2.75, 3.05) is 0 Å². The maximum absolute atomic E-state index is 9.38. The Morgan fingerprint density at radius 3 is 1.90 bits per heavy atom. The van der Waals surface area contributed by atoms with Gasteiger partial charge in [0.05, 0.1) is 11.4 Å². The first kappa shape index (κ1) is 27.9. The van der Waals surface area contributed by atoms with Gasteiger partial charge in [0.25, 0.3) is 0 Å². The Balaban J connectivity index is 0.000000306. The monoisotopic (exact) mass is 651 g/mol. The number of pyridine rings is 1. The van der Waals surface area contributed by atoms with Gasteiger partial charge in [0.15, 0.2) is 5.82 Å². The fourth-order valence-electron chi connectivity index (χ4n) is 4.14. The molecule has 4 aromatic carbocycles. The molecule has 0 radical (unpaired) electrons. The Bertz CT molecular complexity index is 1760. The van der Waals surface area contributed by atoms with Gasteiger partial charge >= 0.3 is 7.12 Å². The number of halogens is 2. The molecule has 0 spiro atoms. The summed E-state index contributed by atoms with van der Waals surface area (Å²) >= 11 is 6.61. The number of rotatable bonds is 4. The molecule has 0 saturated heterocycles. The molecule has 0 bridgehead atoms. The second-order valence-electron chi connectivity index (χ2n) is 9.14. The summed E-state index contributed by atoms with van der Waals surface area (Å²) in [5.41, 5.74) is 6.12. The second kappa shape index (κ2) is 12.7. The third-order valence-electron chi connectivity index (χ3n) is 6.32. The molecular formula is C32H24BBr2N3O2. The van der Waals surface area contributed by atoms with Gasteiger partial charge in [-0.3, -0.25) is 0 Å². The fraction of sp³-hybridized carbons (Fsp3) is 0.0312. The van der Waals surface area contributed by atoms with Crippen molar-refractivity contribution in [3.63, 3.8) is 0 Å². The molecule has 0 unspecified atom stereocenters. The minimum atomic E-state index is -1.50. The molecule has 6 aromatic rings. The predicted molar refractivity (Wildman–Crippen MR) is 170 cm³/mol. The number of fused-ring (bicyclic) bond motifs is 1. The summed E-state index contributed by atoms with van der Waals surface area (Å²) in [5.74, 6) is 0.587. The minimum absolute atomic E-state index is 0.428. The van der Waals surface area contributed by atoms with Crippen LogP contribution >= 0.6 is 31.9 Å². The highest BCUT2D eigenvalue weighted by Crippen LogP contribution is 2.29. The van der Waals surface area contributed by atoms with Gasteiger partial charge in [-0.15, -0.1) is 0 Å². The Hall–Kier alpha value is -3.69. The third kappa shape index (κ3) is 6.71. The van der Waals surface area contributed by atoms with Crippen LogP contribution in [-0.2, 0) is 0 Å². The zero-order valence-corrected chi connectivity index (χ0v) is 24.7. The molecule has 0 aliphatic heterocycles. The summed E-state index contributed by atoms with van der Waals surface area (Å²) < 4.78 is 1.92. The molecule has 8 heteroatoms. The minimum Gasteiger partial charge on any atom is -0.423 e. The van der Waals surface area contributed by atoms with Gasteiger partial charge in [-0.2, -0.15) is 0 Å². The van der Waals surface area contributed by atoms with E-state index in [0.717, 1.165) is 42.5 Å². The van der Waals surface area contributed by atoms with Crippen LogP contribution in [0.3, 0.4) is 0 Å². The lowest BCUT2D eigenvalue weighted by molar-refractivity contribution is 0.426. The molecule has 0 aliphatic rings. The van der Waals surface area contributed by atoms with E-state index in [1.807, 2.05) is 73.7 Å². The highest BCUT2D eigenvalue weighted by Gasteiger charge is 2.13. The van der Waals surface area contributed by atoms with Crippen LogP contribution in [0.2, 0.25) is 0 Å². The van der Waals surface area contributed by atoms with Crippen molar-refractivity contribution in [2.24, 2.45) is 0 Å². The first-order valence-electron chi connectivity index (χ1n) is 12.6. The second-order valence-corrected chi connectivity index (χ2v) is 10.8. The van der Waals surface area contributed by atoms with E-state index < -0.39 is 7.12 Å². The maximum atomic E-state index is 9.38. The number of benzene rings is 4. The zero-order chi connectivity index (χ0) is 28.1. The maximum Gasteiger partial charge on any atom is 0.488 e. The van der Waals surface area contributed by atoms with Crippen LogP contribution in [0.4, 0.5) is 0 Å². The van der Waals surface area contributed by atoms with Crippen molar-refractivity contribution in [1.82, 2.24) is 15.0 Å². The molecular weight excluding hydrogens is 629 g/mol. The van der Waals surface area contributed by atoms with E-state index in [9.17, 15) is 10.0 Å². The van der Waals surface area contributed by atoms with Crippen LogP contribution in [0.1, 0.15) is 5.56 Å². The SMILES string of the molecule is Cc1cc(Br)ncc1Br.OB(O)c1ccc(-c2nc(-c3ccccc3)cc(-c3ccc4ccccc4c3)n2)cc1. The Kier molecular flexibility index (Phi) is 8.82. The molecule has 0 fully saturated rings. The number of aromatic nitrogens is 3. The largest absolute Gasteiger partial charge is 0.488 e. The van der Waals surface area contributed by atoms with E-state index in [4.69, 9.17) is 9.97 Å². The Morgan fingerprint density at radius 1 is 0.625 bits per heavy atom. The average Bonchev–Trinajstić information content (AvgIpc) is 2.99. The summed E-state index contributed by atoms with van der Waals surface area (Å²) in [5, 5.41) is 21.1. The van der Waals surface area contributed by atoms with E-state index in [1.54, 1.807) is 18.3 Å². The standard InChI is InChI=1S/C26H19BN2O2.C6H5Br2N/c30-27(31)23-14-12-20(13-15-23)26-28-24(19-7-2-1-3-8-19)17-25(29-26)22-11-10-18-6-4-5-9-21(18)16-22;1-4-2-6(8)9-3-5(4)7/h1-17,30-31H;2-3H,1H3. The molecule has 6 rings (SSSR count). The first-order chi connectivity index (χ1) is 19.4. The van der Waals surface area contributed by atoms with Gasteiger partial charge in [0.2, 0.25) is 0 Å².